The molecule has 0 saturated heterocycles. The highest BCUT2D eigenvalue weighted by Gasteiger charge is 2.12. The van der Waals surface area contributed by atoms with Crippen molar-refractivity contribution < 1.29 is 9.13 Å². The number of fused-ring (bicyclic) bond motifs is 1. The van der Waals surface area contributed by atoms with E-state index < -0.39 is 0 Å². The predicted octanol–water partition coefficient (Wildman–Crippen LogP) is 3.05. The molecule has 0 unspecified atom stereocenters. The molecular formula is C16H16FNO. The molecule has 0 aliphatic carbocycles. The second-order valence-corrected chi connectivity index (χ2v) is 4.72. The van der Waals surface area contributed by atoms with E-state index in [1.807, 2.05) is 0 Å². The van der Waals surface area contributed by atoms with Gasteiger partial charge in [-0.15, -0.1) is 0 Å². The molecule has 0 amide bonds. The SMILES string of the molecule is Fc1ccc(OCc2cccc3c2CCNC3)cc1. The molecular weight excluding hydrogens is 241 g/mol. The fourth-order valence-corrected chi connectivity index (χ4v) is 2.44. The minimum Gasteiger partial charge on any atom is -0.489 e. The van der Waals surface area contributed by atoms with Gasteiger partial charge in [0.15, 0.2) is 0 Å². The van der Waals surface area contributed by atoms with Gasteiger partial charge in [-0.05, 0) is 53.9 Å². The van der Waals surface area contributed by atoms with Crippen LogP contribution in [0.4, 0.5) is 4.39 Å². The predicted molar refractivity (Wildman–Crippen MR) is 72.6 cm³/mol. The zero-order chi connectivity index (χ0) is 13.1. The average molecular weight is 257 g/mol. The largest absolute Gasteiger partial charge is 0.489 e. The third kappa shape index (κ3) is 2.76. The summed E-state index contributed by atoms with van der Waals surface area (Å²) in [6.07, 6.45) is 1.04. The minimum absolute atomic E-state index is 0.240. The molecule has 19 heavy (non-hydrogen) atoms. The van der Waals surface area contributed by atoms with Crippen molar-refractivity contribution in [2.45, 2.75) is 19.6 Å². The van der Waals surface area contributed by atoms with Crippen molar-refractivity contribution in [3.63, 3.8) is 0 Å². The van der Waals surface area contributed by atoms with Gasteiger partial charge in [-0.25, -0.2) is 4.39 Å². The summed E-state index contributed by atoms with van der Waals surface area (Å²) in [5, 5.41) is 3.37. The van der Waals surface area contributed by atoms with Gasteiger partial charge in [0.1, 0.15) is 18.2 Å². The smallest absolute Gasteiger partial charge is 0.123 e. The summed E-state index contributed by atoms with van der Waals surface area (Å²) in [4.78, 5) is 0. The first-order chi connectivity index (χ1) is 9.33. The molecule has 0 fully saturated rings. The number of nitrogens with one attached hydrogen (secondary N) is 1. The lowest BCUT2D eigenvalue weighted by atomic mass is 9.96. The number of benzene rings is 2. The van der Waals surface area contributed by atoms with Gasteiger partial charge in [0.05, 0.1) is 0 Å². The molecule has 2 nitrogen and oxygen atoms in total. The monoisotopic (exact) mass is 257 g/mol. The Morgan fingerprint density at radius 3 is 2.79 bits per heavy atom. The van der Waals surface area contributed by atoms with Crippen LogP contribution in [-0.4, -0.2) is 6.54 Å². The normalized spacial score (nSPS) is 13.9. The first-order valence-electron chi connectivity index (χ1n) is 6.51. The Bertz CT molecular complexity index is 565. The van der Waals surface area contributed by atoms with Crippen molar-refractivity contribution in [3.05, 3.63) is 65.0 Å². The van der Waals surface area contributed by atoms with E-state index >= 15 is 0 Å². The van der Waals surface area contributed by atoms with Crippen LogP contribution < -0.4 is 10.1 Å². The van der Waals surface area contributed by atoms with Gasteiger partial charge in [-0.2, -0.15) is 0 Å². The van der Waals surface area contributed by atoms with Crippen LogP contribution in [0.3, 0.4) is 0 Å². The molecule has 0 spiro atoms. The topological polar surface area (TPSA) is 21.3 Å². The molecule has 3 heteroatoms. The lowest BCUT2D eigenvalue weighted by Gasteiger charge is -2.20. The maximum Gasteiger partial charge on any atom is 0.123 e. The van der Waals surface area contributed by atoms with Crippen LogP contribution in [0.5, 0.6) is 5.75 Å². The average Bonchev–Trinajstić information content (AvgIpc) is 2.47. The zero-order valence-corrected chi connectivity index (χ0v) is 10.7. The molecule has 3 rings (SSSR count). The lowest BCUT2D eigenvalue weighted by Crippen LogP contribution is -2.24. The van der Waals surface area contributed by atoms with Crippen molar-refractivity contribution >= 4 is 0 Å². The van der Waals surface area contributed by atoms with Gasteiger partial charge in [-0.1, -0.05) is 18.2 Å². The summed E-state index contributed by atoms with van der Waals surface area (Å²) in [6.45, 7) is 2.48. The number of ether oxygens (including phenoxy) is 1. The zero-order valence-electron chi connectivity index (χ0n) is 10.7. The molecule has 0 bridgehead atoms. The van der Waals surface area contributed by atoms with E-state index in [1.165, 1.54) is 28.8 Å². The number of hydrogen-bond acceptors (Lipinski definition) is 2. The van der Waals surface area contributed by atoms with Crippen LogP contribution >= 0.6 is 0 Å². The van der Waals surface area contributed by atoms with Crippen LogP contribution in [0.2, 0.25) is 0 Å². The van der Waals surface area contributed by atoms with Crippen molar-refractivity contribution in [1.82, 2.24) is 5.32 Å². The maximum atomic E-state index is 12.8. The maximum absolute atomic E-state index is 12.8. The van der Waals surface area contributed by atoms with Crippen LogP contribution in [0, 0.1) is 5.82 Å². The fourth-order valence-electron chi connectivity index (χ4n) is 2.44. The molecule has 1 aliphatic heterocycles. The lowest BCUT2D eigenvalue weighted by molar-refractivity contribution is 0.304. The second kappa shape index (κ2) is 5.41. The summed E-state index contributed by atoms with van der Waals surface area (Å²) < 4.78 is 18.5. The standard InChI is InChI=1S/C16H16FNO/c17-14-4-6-15(7-5-14)19-11-13-3-1-2-12-10-18-9-8-16(12)13/h1-7,18H,8-11H2. The number of rotatable bonds is 3. The Morgan fingerprint density at radius 1 is 1.11 bits per heavy atom. The summed E-state index contributed by atoms with van der Waals surface area (Å²) in [7, 11) is 0. The van der Waals surface area contributed by atoms with Crippen molar-refractivity contribution in [1.29, 1.82) is 0 Å². The van der Waals surface area contributed by atoms with Gasteiger partial charge in [0.2, 0.25) is 0 Å². The van der Waals surface area contributed by atoms with Crippen molar-refractivity contribution in [3.8, 4) is 5.75 Å². The molecule has 2 aromatic carbocycles. The van der Waals surface area contributed by atoms with Crippen LogP contribution in [0.25, 0.3) is 0 Å². The number of halogens is 1. The van der Waals surface area contributed by atoms with E-state index in [0.717, 1.165) is 19.5 Å². The van der Waals surface area contributed by atoms with E-state index in [-0.39, 0.29) is 5.82 Å². The van der Waals surface area contributed by atoms with Crippen LogP contribution in [0.1, 0.15) is 16.7 Å². The summed E-state index contributed by atoms with van der Waals surface area (Å²) in [5.41, 5.74) is 3.97. The molecule has 1 aliphatic rings. The minimum atomic E-state index is -0.240. The molecule has 1 heterocycles. The third-order valence-electron chi connectivity index (χ3n) is 3.45. The highest BCUT2D eigenvalue weighted by Crippen LogP contribution is 2.21. The molecule has 0 aromatic heterocycles. The Kier molecular flexibility index (Phi) is 3.47. The van der Waals surface area contributed by atoms with Gasteiger partial charge in [0, 0.05) is 6.54 Å². The fraction of sp³-hybridized carbons (Fsp3) is 0.250. The van der Waals surface area contributed by atoms with Crippen LogP contribution in [-0.2, 0) is 19.6 Å². The Labute approximate surface area is 112 Å². The number of hydrogen-bond donors (Lipinski definition) is 1. The van der Waals surface area contributed by atoms with Crippen LogP contribution in [0.15, 0.2) is 42.5 Å². The van der Waals surface area contributed by atoms with Gasteiger partial charge in [-0.3, -0.25) is 0 Å². The Balaban J connectivity index is 1.75. The van der Waals surface area contributed by atoms with E-state index in [1.54, 1.807) is 12.1 Å². The first-order valence-corrected chi connectivity index (χ1v) is 6.51. The first kappa shape index (κ1) is 12.2. The van der Waals surface area contributed by atoms with Gasteiger partial charge in [0.25, 0.3) is 0 Å². The van der Waals surface area contributed by atoms with E-state index in [4.69, 9.17) is 4.74 Å². The molecule has 0 atom stereocenters. The summed E-state index contributed by atoms with van der Waals surface area (Å²) >= 11 is 0. The summed E-state index contributed by atoms with van der Waals surface area (Å²) in [6, 6.07) is 12.5. The van der Waals surface area contributed by atoms with E-state index in [2.05, 4.69) is 23.5 Å². The quantitative estimate of drug-likeness (QED) is 0.912. The molecule has 0 saturated carbocycles. The molecule has 0 radical (unpaired) electrons. The van der Waals surface area contributed by atoms with Crippen molar-refractivity contribution in [2.24, 2.45) is 0 Å². The van der Waals surface area contributed by atoms with Crippen molar-refractivity contribution in [2.75, 3.05) is 6.54 Å². The highest BCUT2D eigenvalue weighted by atomic mass is 19.1. The van der Waals surface area contributed by atoms with Gasteiger partial charge < -0.3 is 10.1 Å². The van der Waals surface area contributed by atoms with E-state index in [0.29, 0.717) is 12.4 Å². The summed E-state index contributed by atoms with van der Waals surface area (Å²) in [5.74, 6) is 0.462. The highest BCUT2D eigenvalue weighted by molar-refractivity contribution is 5.37. The Hall–Kier alpha value is -1.87. The second-order valence-electron chi connectivity index (χ2n) is 4.72. The molecule has 1 N–H and O–H groups in total. The van der Waals surface area contributed by atoms with E-state index in [9.17, 15) is 4.39 Å². The van der Waals surface area contributed by atoms with Gasteiger partial charge >= 0.3 is 0 Å². The molecule has 2 aromatic rings. The third-order valence-corrected chi connectivity index (χ3v) is 3.45. The Morgan fingerprint density at radius 2 is 1.95 bits per heavy atom. The molecule has 98 valence electrons.